The van der Waals surface area contributed by atoms with Crippen molar-refractivity contribution >= 4 is 42.9 Å². The van der Waals surface area contributed by atoms with Crippen molar-refractivity contribution in [3.05, 3.63) is 77.9 Å². The fourth-order valence-electron chi connectivity index (χ4n) is 4.64. The van der Waals surface area contributed by atoms with E-state index in [1.165, 1.54) is 10.4 Å². The number of aldehydes is 1. The summed E-state index contributed by atoms with van der Waals surface area (Å²) in [6.07, 6.45) is 1.92. The molecule has 0 amide bonds. The first kappa shape index (κ1) is 26.9. The molecule has 3 aromatic carbocycles. The number of sulfonamides is 2. The van der Waals surface area contributed by atoms with Crippen molar-refractivity contribution in [2.75, 3.05) is 32.4 Å². The van der Waals surface area contributed by atoms with Crippen LogP contribution in [0.3, 0.4) is 0 Å². The third-order valence-electron chi connectivity index (χ3n) is 6.54. The van der Waals surface area contributed by atoms with Crippen LogP contribution in [0.2, 0.25) is 0 Å². The molecule has 4 N–H and O–H groups in total. The normalized spacial score (nSPS) is 19.6. The van der Waals surface area contributed by atoms with Gasteiger partial charge in [-0.25, -0.2) is 16.8 Å². The molecule has 1 heterocycles. The van der Waals surface area contributed by atoms with Gasteiger partial charge in [-0.2, -0.15) is 9.03 Å². The van der Waals surface area contributed by atoms with Crippen LogP contribution in [0.5, 0.6) is 0 Å². The molecule has 0 spiro atoms. The monoisotopic (exact) mass is 543 g/mol. The summed E-state index contributed by atoms with van der Waals surface area (Å²) < 4.78 is 57.0. The molecule has 1 unspecified atom stereocenters. The zero-order chi connectivity index (χ0) is 26.8. The van der Waals surface area contributed by atoms with Gasteiger partial charge in [0.05, 0.1) is 17.7 Å². The van der Waals surface area contributed by atoms with Crippen molar-refractivity contribution in [3.63, 3.8) is 0 Å². The highest BCUT2D eigenvalue weighted by atomic mass is 32.2. The predicted octanol–water partition coefficient (Wildman–Crippen LogP) is 1.42. The molecule has 4 rings (SSSR count). The molecule has 0 bridgehead atoms. The summed E-state index contributed by atoms with van der Waals surface area (Å²) in [5, 5.41) is 9.48. The maximum atomic E-state index is 13.9. The Hall–Kier alpha value is -3.16. The number of nitrogens with one attached hydrogen (secondary N) is 2. The second-order valence-corrected chi connectivity index (χ2v) is 12.7. The SMILES string of the molecule is CS(=O)(=O)N1CCN(CCC=O)C(NS(=O)(=O)c2ccc3ccccc3c2)(c2cccc(C(=N)N)c2)C1. The Kier molecular flexibility index (Phi) is 7.49. The van der Waals surface area contributed by atoms with E-state index >= 15 is 0 Å². The maximum Gasteiger partial charge on any atom is 0.242 e. The van der Waals surface area contributed by atoms with Gasteiger partial charge in [-0.1, -0.05) is 48.5 Å². The van der Waals surface area contributed by atoms with Gasteiger partial charge >= 0.3 is 0 Å². The van der Waals surface area contributed by atoms with Crippen LogP contribution in [-0.4, -0.2) is 70.6 Å². The zero-order valence-electron chi connectivity index (χ0n) is 20.3. The number of nitrogen functional groups attached to an aromatic ring is 1. The average Bonchev–Trinajstić information content (AvgIpc) is 2.86. The molecule has 3 aromatic rings. The van der Waals surface area contributed by atoms with Crippen molar-refractivity contribution in [1.82, 2.24) is 13.9 Å². The second-order valence-electron chi connectivity index (χ2n) is 9.01. The van der Waals surface area contributed by atoms with Crippen molar-refractivity contribution in [2.24, 2.45) is 5.73 Å². The van der Waals surface area contributed by atoms with E-state index in [9.17, 15) is 21.6 Å². The van der Waals surface area contributed by atoms with E-state index in [1.807, 2.05) is 24.3 Å². The number of amidine groups is 1. The Labute approximate surface area is 216 Å². The van der Waals surface area contributed by atoms with Crippen LogP contribution >= 0.6 is 0 Å². The molecular formula is C25H29N5O5S2. The molecule has 1 fully saturated rings. The summed E-state index contributed by atoms with van der Waals surface area (Å²) in [7, 11) is -7.89. The van der Waals surface area contributed by atoms with E-state index < -0.39 is 25.7 Å². The molecule has 1 aliphatic heterocycles. The molecule has 12 heteroatoms. The summed E-state index contributed by atoms with van der Waals surface area (Å²) in [6.45, 7) is 0.249. The molecule has 1 atom stereocenters. The first-order valence-electron chi connectivity index (χ1n) is 11.6. The van der Waals surface area contributed by atoms with Gasteiger partial charge in [-0.15, -0.1) is 0 Å². The second kappa shape index (κ2) is 10.3. The number of benzene rings is 3. The molecule has 0 saturated carbocycles. The third-order valence-corrected chi connectivity index (χ3v) is 9.27. The van der Waals surface area contributed by atoms with E-state index in [2.05, 4.69) is 4.72 Å². The van der Waals surface area contributed by atoms with Crippen molar-refractivity contribution in [2.45, 2.75) is 17.0 Å². The third kappa shape index (κ3) is 5.58. The smallest absolute Gasteiger partial charge is 0.242 e. The largest absolute Gasteiger partial charge is 0.384 e. The van der Waals surface area contributed by atoms with Gasteiger partial charge in [0.15, 0.2) is 0 Å². The van der Waals surface area contributed by atoms with Crippen LogP contribution in [0, 0.1) is 5.41 Å². The lowest BCUT2D eigenvalue weighted by Crippen LogP contribution is -2.68. The minimum absolute atomic E-state index is 0.0140. The minimum atomic E-state index is -4.20. The van der Waals surface area contributed by atoms with Gasteiger partial charge in [-0.05, 0) is 34.5 Å². The fraction of sp³-hybridized carbons (Fsp3) is 0.280. The van der Waals surface area contributed by atoms with E-state index in [-0.39, 0.29) is 43.3 Å². The number of nitrogens with zero attached hydrogens (tertiary/aromatic N) is 2. The summed E-state index contributed by atoms with van der Waals surface area (Å²) in [5.41, 5.74) is 4.91. The highest BCUT2D eigenvalue weighted by Crippen LogP contribution is 2.34. The maximum absolute atomic E-state index is 13.9. The molecule has 196 valence electrons. The highest BCUT2D eigenvalue weighted by molar-refractivity contribution is 7.89. The summed E-state index contributed by atoms with van der Waals surface area (Å²) in [6, 6.07) is 18.6. The van der Waals surface area contributed by atoms with Crippen LogP contribution in [0.25, 0.3) is 10.8 Å². The Morgan fingerprint density at radius 3 is 2.43 bits per heavy atom. The Balaban J connectivity index is 1.91. The van der Waals surface area contributed by atoms with Gasteiger partial charge in [0.2, 0.25) is 20.0 Å². The molecule has 37 heavy (non-hydrogen) atoms. The van der Waals surface area contributed by atoms with Crippen LogP contribution in [0.15, 0.2) is 71.6 Å². The fourth-order valence-corrected chi connectivity index (χ4v) is 6.88. The van der Waals surface area contributed by atoms with Crippen LogP contribution in [0.4, 0.5) is 0 Å². The molecule has 1 aliphatic rings. The molecule has 0 aliphatic carbocycles. The number of hydrogen-bond donors (Lipinski definition) is 3. The number of fused-ring (bicyclic) bond motifs is 1. The Morgan fingerprint density at radius 2 is 1.76 bits per heavy atom. The summed E-state index contributed by atoms with van der Waals surface area (Å²) in [4.78, 5) is 13.1. The number of hydrogen-bond acceptors (Lipinski definition) is 7. The van der Waals surface area contributed by atoms with E-state index in [4.69, 9.17) is 11.1 Å². The number of piperazine rings is 1. The number of rotatable bonds is 9. The van der Waals surface area contributed by atoms with Crippen LogP contribution in [0.1, 0.15) is 17.5 Å². The first-order chi connectivity index (χ1) is 17.5. The lowest BCUT2D eigenvalue weighted by Gasteiger charge is -2.50. The molecule has 10 nitrogen and oxygen atoms in total. The molecular weight excluding hydrogens is 514 g/mol. The van der Waals surface area contributed by atoms with Crippen molar-refractivity contribution < 1.29 is 21.6 Å². The minimum Gasteiger partial charge on any atom is -0.384 e. The van der Waals surface area contributed by atoms with Gasteiger partial charge in [0.25, 0.3) is 0 Å². The number of carbonyl (C=O) groups excluding carboxylic acids is 1. The van der Waals surface area contributed by atoms with E-state index in [0.717, 1.165) is 23.3 Å². The number of nitrogens with two attached hydrogens (primary N) is 1. The number of carbonyl (C=O) groups is 1. The van der Waals surface area contributed by atoms with Gasteiger partial charge in [-0.3, -0.25) is 10.3 Å². The van der Waals surface area contributed by atoms with E-state index in [0.29, 0.717) is 11.1 Å². The zero-order valence-corrected chi connectivity index (χ0v) is 21.9. The van der Waals surface area contributed by atoms with Crippen LogP contribution in [-0.2, 0) is 30.5 Å². The molecule has 0 aromatic heterocycles. The predicted molar refractivity (Wildman–Crippen MR) is 142 cm³/mol. The highest BCUT2D eigenvalue weighted by Gasteiger charge is 2.48. The first-order valence-corrected chi connectivity index (χ1v) is 14.9. The van der Waals surface area contributed by atoms with Crippen molar-refractivity contribution in [3.8, 4) is 0 Å². The summed E-state index contributed by atoms with van der Waals surface area (Å²) in [5.74, 6) is -0.218. The topological polar surface area (TPSA) is 154 Å². The Bertz CT molecular complexity index is 1560. The van der Waals surface area contributed by atoms with Gasteiger partial charge in [0.1, 0.15) is 17.8 Å². The molecule has 1 saturated heterocycles. The van der Waals surface area contributed by atoms with E-state index in [1.54, 1.807) is 41.3 Å². The lowest BCUT2D eigenvalue weighted by atomic mass is 9.94. The lowest BCUT2D eigenvalue weighted by molar-refractivity contribution is -0.108. The quantitative estimate of drug-likeness (QED) is 0.210. The van der Waals surface area contributed by atoms with Gasteiger partial charge < -0.3 is 10.5 Å². The Morgan fingerprint density at radius 1 is 1.03 bits per heavy atom. The van der Waals surface area contributed by atoms with Gasteiger partial charge in [0, 0.05) is 31.6 Å². The summed E-state index contributed by atoms with van der Waals surface area (Å²) >= 11 is 0. The standard InChI is InChI=1S/C25H29N5O5S2/c1-36(32,33)30-14-13-29(12-5-15-31)25(18-30,22-9-4-8-21(16-22)24(26)27)28-37(34,35)23-11-10-19-6-2-3-7-20(19)17-23/h2-4,6-11,15-17,28H,5,12-14,18H2,1H3,(H3,26,27). The van der Waals surface area contributed by atoms with Crippen LogP contribution < -0.4 is 10.5 Å². The average molecular weight is 544 g/mol. The van der Waals surface area contributed by atoms with Crippen molar-refractivity contribution in [1.29, 1.82) is 5.41 Å². The molecule has 0 radical (unpaired) electrons.